The Morgan fingerprint density at radius 1 is 1.53 bits per heavy atom. The fraction of sp³-hybridized carbons (Fsp3) is 0.615. The van der Waals surface area contributed by atoms with Gasteiger partial charge >= 0.3 is 0 Å². The Kier molecular flexibility index (Phi) is 3.87. The molecule has 0 spiro atoms. The molecule has 0 aliphatic carbocycles. The summed E-state index contributed by atoms with van der Waals surface area (Å²) in [5, 5.41) is 0. The lowest BCUT2D eigenvalue weighted by molar-refractivity contribution is 0.375. The molecule has 0 saturated carbocycles. The second-order valence-corrected chi connectivity index (χ2v) is 5.21. The third-order valence-electron chi connectivity index (χ3n) is 3.46. The number of halogens is 2. The molecule has 2 unspecified atom stereocenters. The largest absolute Gasteiger partial charge is 0.354 e. The molecule has 1 aromatic rings. The monoisotopic (exact) mass is 256 g/mol. The third-order valence-corrected chi connectivity index (χ3v) is 3.75. The van der Waals surface area contributed by atoms with E-state index in [1.54, 1.807) is 0 Å². The number of anilines is 1. The average molecular weight is 257 g/mol. The van der Waals surface area contributed by atoms with Crippen molar-refractivity contribution in [3.05, 3.63) is 23.6 Å². The van der Waals surface area contributed by atoms with Crippen molar-refractivity contribution in [2.45, 2.75) is 38.6 Å². The fourth-order valence-corrected chi connectivity index (χ4v) is 2.75. The summed E-state index contributed by atoms with van der Waals surface area (Å²) in [6.07, 6.45) is 3.59. The SMILES string of the molecule is CC1CCN(c2ncc(F)cc2CCl)C(C)C1. The van der Waals surface area contributed by atoms with E-state index in [1.165, 1.54) is 12.3 Å². The van der Waals surface area contributed by atoms with Crippen LogP contribution >= 0.6 is 11.6 Å². The predicted molar refractivity (Wildman–Crippen MR) is 69.0 cm³/mol. The smallest absolute Gasteiger partial charge is 0.141 e. The molecule has 0 N–H and O–H groups in total. The summed E-state index contributed by atoms with van der Waals surface area (Å²) in [7, 11) is 0. The van der Waals surface area contributed by atoms with Gasteiger partial charge in [0.25, 0.3) is 0 Å². The normalized spacial score (nSPS) is 25.1. The summed E-state index contributed by atoms with van der Waals surface area (Å²) in [6.45, 7) is 5.44. The summed E-state index contributed by atoms with van der Waals surface area (Å²) >= 11 is 5.87. The molecule has 0 radical (unpaired) electrons. The second kappa shape index (κ2) is 5.21. The molecule has 0 aromatic carbocycles. The van der Waals surface area contributed by atoms with Crippen LogP contribution in [0.1, 0.15) is 32.3 Å². The molecule has 0 amide bonds. The maximum Gasteiger partial charge on any atom is 0.141 e. The molecular weight excluding hydrogens is 239 g/mol. The molecule has 2 rings (SSSR count). The van der Waals surface area contributed by atoms with Crippen LogP contribution in [-0.2, 0) is 5.88 Å². The Labute approximate surface area is 107 Å². The van der Waals surface area contributed by atoms with Gasteiger partial charge in [0.15, 0.2) is 0 Å². The van der Waals surface area contributed by atoms with Crippen LogP contribution in [0.3, 0.4) is 0 Å². The topological polar surface area (TPSA) is 16.1 Å². The minimum absolute atomic E-state index is 0.304. The lowest BCUT2D eigenvalue weighted by Gasteiger charge is -2.38. The highest BCUT2D eigenvalue weighted by atomic mass is 35.5. The van der Waals surface area contributed by atoms with Gasteiger partial charge in [0.05, 0.1) is 12.1 Å². The first-order valence-corrected chi connectivity index (χ1v) is 6.62. The Hall–Kier alpha value is -0.830. The van der Waals surface area contributed by atoms with Crippen molar-refractivity contribution in [1.82, 2.24) is 4.98 Å². The number of hydrogen-bond donors (Lipinski definition) is 0. The van der Waals surface area contributed by atoms with Crippen molar-refractivity contribution in [2.75, 3.05) is 11.4 Å². The van der Waals surface area contributed by atoms with Crippen LogP contribution in [0.25, 0.3) is 0 Å². The van der Waals surface area contributed by atoms with Gasteiger partial charge in [-0.05, 0) is 31.7 Å². The van der Waals surface area contributed by atoms with Crippen LogP contribution in [0.5, 0.6) is 0 Å². The summed E-state index contributed by atoms with van der Waals surface area (Å²) in [4.78, 5) is 6.46. The number of alkyl halides is 1. The van der Waals surface area contributed by atoms with Crippen LogP contribution in [0.2, 0.25) is 0 Å². The zero-order valence-electron chi connectivity index (χ0n) is 10.3. The van der Waals surface area contributed by atoms with Gasteiger partial charge in [-0.25, -0.2) is 9.37 Å². The van der Waals surface area contributed by atoms with Crippen LogP contribution < -0.4 is 4.90 Å². The number of nitrogens with zero attached hydrogens (tertiary/aromatic N) is 2. The fourth-order valence-electron chi connectivity index (χ4n) is 2.55. The van der Waals surface area contributed by atoms with Gasteiger partial charge in [0.1, 0.15) is 11.6 Å². The molecule has 94 valence electrons. The molecule has 4 heteroatoms. The summed E-state index contributed by atoms with van der Waals surface area (Å²) in [5.41, 5.74) is 0.785. The first-order chi connectivity index (χ1) is 8.11. The van der Waals surface area contributed by atoms with E-state index >= 15 is 0 Å². The molecular formula is C13H18ClFN2. The van der Waals surface area contributed by atoms with Crippen molar-refractivity contribution in [2.24, 2.45) is 5.92 Å². The molecule has 1 aliphatic rings. The number of pyridine rings is 1. The minimum atomic E-state index is -0.317. The Bertz CT molecular complexity index is 397. The van der Waals surface area contributed by atoms with Crippen LogP contribution in [-0.4, -0.2) is 17.6 Å². The van der Waals surface area contributed by atoms with Crippen molar-refractivity contribution in [1.29, 1.82) is 0 Å². The van der Waals surface area contributed by atoms with Crippen LogP contribution in [0.4, 0.5) is 10.2 Å². The first kappa shape index (κ1) is 12.6. The van der Waals surface area contributed by atoms with Crippen molar-refractivity contribution >= 4 is 17.4 Å². The highest BCUT2D eigenvalue weighted by molar-refractivity contribution is 6.17. The first-order valence-electron chi connectivity index (χ1n) is 6.09. The van der Waals surface area contributed by atoms with Crippen molar-refractivity contribution < 1.29 is 4.39 Å². The molecule has 1 fully saturated rings. The highest BCUT2D eigenvalue weighted by Crippen LogP contribution is 2.29. The highest BCUT2D eigenvalue weighted by Gasteiger charge is 2.25. The quantitative estimate of drug-likeness (QED) is 0.752. The summed E-state index contributed by atoms with van der Waals surface area (Å²) < 4.78 is 13.1. The molecule has 1 aliphatic heterocycles. The molecule has 2 atom stereocenters. The second-order valence-electron chi connectivity index (χ2n) is 4.94. The molecule has 2 heterocycles. The number of rotatable bonds is 2. The lowest BCUT2D eigenvalue weighted by atomic mass is 9.93. The van der Waals surface area contributed by atoms with E-state index in [1.807, 2.05) is 0 Å². The molecule has 0 bridgehead atoms. The zero-order chi connectivity index (χ0) is 12.4. The van der Waals surface area contributed by atoms with Gasteiger partial charge in [-0.2, -0.15) is 0 Å². The summed E-state index contributed by atoms with van der Waals surface area (Å²) in [6, 6.07) is 1.93. The Balaban J connectivity index is 2.27. The van der Waals surface area contributed by atoms with E-state index < -0.39 is 0 Å². The van der Waals surface area contributed by atoms with Crippen LogP contribution in [0, 0.1) is 11.7 Å². The van der Waals surface area contributed by atoms with E-state index in [2.05, 4.69) is 23.7 Å². The van der Waals surface area contributed by atoms with E-state index in [9.17, 15) is 4.39 Å². The van der Waals surface area contributed by atoms with Crippen LogP contribution in [0.15, 0.2) is 12.3 Å². The van der Waals surface area contributed by atoms with Gasteiger partial charge in [-0.3, -0.25) is 0 Å². The third kappa shape index (κ3) is 2.71. The van der Waals surface area contributed by atoms with E-state index in [0.717, 1.165) is 36.7 Å². The standard InChI is InChI=1S/C13H18ClFN2/c1-9-3-4-17(10(2)5-9)13-11(7-14)6-12(15)8-16-13/h6,8-10H,3-5,7H2,1-2H3. The van der Waals surface area contributed by atoms with E-state index in [4.69, 9.17) is 11.6 Å². The average Bonchev–Trinajstić information content (AvgIpc) is 2.30. The minimum Gasteiger partial charge on any atom is -0.354 e. The summed E-state index contributed by atoms with van der Waals surface area (Å²) in [5.74, 6) is 1.59. The van der Waals surface area contributed by atoms with Crippen molar-refractivity contribution in [3.8, 4) is 0 Å². The van der Waals surface area contributed by atoms with Gasteiger partial charge in [-0.15, -0.1) is 11.6 Å². The molecule has 1 saturated heterocycles. The predicted octanol–water partition coefficient (Wildman–Crippen LogP) is 3.58. The number of hydrogen-bond acceptors (Lipinski definition) is 2. The van der Waals surface area contributed by atoms with Crippen molar-refractivity contribution in [3.63, 3.8) is 0 Å². The maximum atomic E-state index is 13.1. The zero-order valence-corrected chi connectivity index (χ0v) is 11.0. The van der Waals surface area contributed by atoms with Gasteiger partial charge < -0.3 is 4.90 Å². The van der Waals surface area contributed by atoms with Gasteiger partial charge in [0, 0.05) is 18.2 Å². The Morgan fingerprint density at radius 2 is 2.29 bits per heavy atom. The molecule has 2 nitrogen and oxygen atoms in total. The van der Waals surface area contributed by atoms with E-state index in [-0.39, 0.29) is 5.82 Å². The van der Waals surface area contributed by atoms with Gasteiger partial charge in [-0.1, -0.05) is 6.92 Å². The van der Waals surface area contributed by atoms with Gasteiger partial charge in [0.2, 0.25) is 0 Å². The molecule has 1 aromatic heterocycles. The number of piperidine rings is 1. The maximum absolute atomic E-state index is 13.1. The molecule has 17 heavy (non-hydrogen) atoms. The van der Waals surface area contributed by atoms with E-state index in [0.29, 0.717) is 11.9 Å². The lowest BCUT2D eigenvalue weighted by Crippen LogP contribution is -2.41. The number of aromatic nitrogens is 1. The Morgan fingerprint density at radius 3 is 2.94 bits per heavy atom.